The van der Waals surface area contributed by atoms with Crippen molar-refractivity contribution in [3.8, 4) is 0 Å². The van der Waals surface area contributed by atoms with E-state index in [1.54, 1.807) is 0 Å². The summed E-state index contributed by atoms with van der Waals surface area (Å²) in [6.45, 7) is 2.84. The smallest absolute Gasteiger partial charge is 0.308 e. The van der Waals surface area contributed by atoms with Gasteiger partial charge in [-0.25, -0.2) is 0 Å². The number of esters is 1. The van der Waals surface area contributed by atoms with E-state index in [0.717, 1.165) is 44.4 Å². The SMILES string of the molecule is CN=C(NCC1(C2CC2)CC1)N1CCC(C(=O)OC)CC1.I. The monoisotopic (exact) mass is 421 g/mol. The third-order valence-electron chi connectivity index (χ3n) is 5.47. The number of rotatable bonds is 4. The zero-order chi connectivity index (χ0) is 14.9. The maximum Gasteiger partial charge on any atom is 0.308 e. The summed E-state index contributed by atoms with van der Waals surface area (Å²) in [6, 6.07) is 0. The highest BCUT2D eigenvalue weighted by Gasteiger charge is 2.53. The van der Waals surface area contributed by atoms with Gasteiger partial charge in [-0.2, -0.15) is 0 Å². The molecule has 1 heterocycles. The summed E-state index contributed by atoms with van der Waals surface area (Å²) in [5.74, 6) is 1.97. The van der Waals surface area contributed by atoms with Gasteiger partial charge in [-0.15, -0.1) is 24.0 Å². The predicted octanol–water partition coefficient (Wildman–Crippen LogP) is 2.26. The molecule has 6 heteroatoms. The van der Waals surface area contributed by atoms with E-state index in [9.17, 15) is 4.79 Å². The van der Waals surface area contributed by atoms with E-state index in [1.165, 1.54) is 32.8 Å². The number of methoxy groups -OCH3 is 1. The number of nitrogens with one attached hydrogen (secondary N) is 1. The number of piperidine rings is 1. The summed E-state index contributed by atoms with van der Waals surface area (Å²) in [4.78, 5) is 18.3. The first-order chi connectivity index (χ1) is 10.2. The van der Waals surface area contributed by atoms with E-state index in [2.05, 4.69) is 15.2 Å². The van der Waals surface area contributed by atoms with Gasteiger partial charge in [0.2, 0.25) is 0 Å². The van der Waals surface area contributed by atoms with Crippen molar-refractivity contribution in [1.29, 1.82) is 0 Å². The first-order valence-electron chi connectivity index (χ1n) is 8.22. The van der Waals surface area contributed by atoms with Crippen LogP contribution < -0.4 is 5.32 Å². The zero-order valence-corrected chi connectivity index (χ0v) is 16.0. The summed E-state index contributed by atoms with van der Waals surface area (Å²) in [5.41, 5.74) is 0.584. The molecule has 2 aliphatic carbocycles. The van der Waals surface area contributed by atoms with Crippen LogP contribution >= 0.6 is 24.0 Å². The second kappa shape index (κ2) is 7.36. The molecule has 126 valence electrons. The van der Waals surface area contributed by atoms with Crippen LogP contribution in [0.2, 0.25) is 0 Å². The van der Waals surface area contributed by atoms with Crippen molar-refractivity contribution in [2.75, 3.05) is 33.8 Å². The van der Waals surface area contributed by atoms with E-state index < -0.39 is 0 Å². The number of guanidine groups is 1. The first-order valence-corrected chi connectivity index (χ1v) is 8.22. The molecule has 0 aromatic rings. The van der Waals surface area contributed by atoms with Crippen LogP contribution in [0.15, 0.2) is 4.99 Å². The molecule has 0 spiro atoms. The lowest BCUT2D eigenvalue weighted by Gasteiger charge is -2.33. The van der Waals surface area contributed by atoms with Crippen molar-refractivity contribution in [1.82, 2.24) is 10.2 Å². The standard InChI is InChI=1S/C16H27N3O2.HI/c1-17-15(18-11-16(7-8-16)13-3-4-13)19-9-5-12(6-10-19)14(20)21-2;/h12-13H,3-11H2,1-2H3,(H,17,18);1H. The van der Waals surface area contributed by atoms with Crippen molar-refractivity contribution >= 4 is 35.9 Å². The van der Waals surface area contributed by atoms with Crippen molar-refractivity contribution in [3.63, 3.8) is 0 Å². The molecular weight excluding hydrogens is 393 g/mol. The Kier molecular flexibility index (Phi) is 5.96. The van der Waals surface area contributed by atoms with Gasteiger partial charge >= 0.3 is 5.97 Å². The average Bonchev–Trinajstić information content (AvgIpc) is 3.40. The molecule has 0 aromatic heterocycles. The summed E-state index contributed by atoms with van der Waals surface area (Å²) < 4.78 is 4.84. The van der Waals surface area contributed by atoms with E-state index in [0.29, 0.717) is 5.41 Å². The second-order valence-corrected chi connectivity index (χ2v) is 6.82. The van der Waals surface area contributed by atoms with E-state index >= 15 is 0 Å². The first kappa shape index (κ1) is 17.8. The molecular formula is C16H28IN3O2. The molecule has 2 saturated carbocycles. The maximum absolute atomic E-state index is 11.6. The number of likely N-dealkylation sites (tertiary alicyclic amines) is 1. The van der Waals surface area contributed by atoms with E-state index in [1.807, 2.05) is 7.05 Å². The fourth-order valence-electron chi connectivity index (χ4n) is 3.67. The van der Waals surface area contributed by atoms with Crippen molar-refractivity contribution in [2.24, 2.45) is 22.2 Å². The number of hydrogen-bond donors (Lipinski definition) is 1. The Labute approximate surface area is 150 Å². The fraction of sp³-hybridized carbons (Fsp3) is 0.875. The highest BCUT2D eigenvalue weighted by Crippen LogP contribution is 2.60. The number of carbonyl (C=O) groups is 1. The Balaban J connectivity index is 0.00000176. The molecule has 0 atom stereocenters. The lowest BCUT2D eigenvalue weighted by atomic mass is 9.97. The van der Waals surface area contributed by atoms with Gasteiger partial charge in [-0.1, -0.05) is 0 Å². The Hall–Kier alpha value is -0.530. The van der Waals surface area contributed by atoms with Crippen molar-refractivity contribution in [2.45, 2.75) is 38.5 Å². The predicted molar refractivity (Wildman–Crippen MR) is 97.5 cm³/mol. The molecule has 22 heavy (non-hydrogen) atoms. The second-order valence-electron chi connectivity index (χ2n) is 6.82. The van der Waals surface area contributed by atoms with E-state index in [-0.39, 0.29) is 35.9 Å². The minimum absolute atomic E-state index is 0. The van der Waals surface area contributed by atoms with Gasteiger partial charge in [-0.05, 0) is 49.9 Å². The lowest BCUT2D eigenvalue weighted by molar-refractivity contribution is -0.146. The van der Waals surface area contributed by atoms with Gasteiger partial charge in [0.05, 0.1) is 13.0 Å². The summed E-state index contributed by atoms with van der Waals surface area (Å²) in [5, 5.41) is 3.58. The number of nitrogens with zero attached hydrogens (tertiary/aromatic N) is 2. The largest absolute Gasteiger partial charge is 0.469 e. The van der Waals surface area contributed by atoms with Crippen LogP contribution in [0.4, 0.5) is 0 Å². The summed E-state index contributed by atoms with van der Waals surface area (Å²) in [6.07, 6.45) is 7.33. The minimum Gasteiger partial charge on any atom is -0.469 e. The number of aliphatic imine (C=N–C) groups is 1. The van der Waals surface area contributed by atoms with Gasteiger partial charge in [0.25, 0.3) is 0 Å². The molecule has 5 nitrogen and oxygen atoms in total. The third-order valence-corrected chi connectivity index (χ3v) is 5.47. The normalized spacial score (nSPS) is 24.5. The summed E-state index contributed by atoms with van der Waals surface area (Å²) >= 11 is 0. The van der Waals surface area contributed by atoms with Gasteiger partial charge in [-0.3, -0.25) is 9.79 Å². The quantitative estimate of drug-likeness (QED) is 0.328. The van der Waals surface area contributed by atoms with Crippen LogP contribution in [0.3, 0.4) is 0 Å². The lowest BCUT2D eigenvalue weighted by Crippen LogP contribution is -2.48. The Morgan fingerprint density at radius 3 is 2.36 bits per heavy atom. The number of hydrogen-bond acceptors (Lipinski definition) is 3. The molecule has 1 saturated heterocycles. The van der Waals surface area contributed by atoms with Crippen LogP contribution in [0, 0.1) is 17.3 Å². The summed E-state index contributed by atoms with van der Waals surface area (Å²) in [7, 11) is 3.33. The van der Waals surface area contributed by atoms with Crippen LogP contribution in [-0.2, 0) is 9.53 Å². The van der Waals surface area contributed by atoms with Gasteiger partial charge in [0.1, 0.15) is 0 Å². The highest BCUT2D eigenvalue weighted by atomic mass is 127. The highest BCUT2D eigenvalue weighted by molar-refractivity contribution is 14.0. The number of ether oxygens (including phenoxy) is 1. The molecule has 0 aromatic carbocycles. The molecule has 3 rings (SSSR count). The zero-order valence-electron chi connectivity index (χ0n) is 13.6. The average molecular weight is 421 g/mol. The molecule has 3 fully saturated rings. The molecule has 0 unspecified atom stereocenters. The molecule has 0 radical (unpaired) electrons. The Morgan fingerprint density at radius 2 is 1.91 bits per heavy atom. The van der Waals surface area contributed by atoms with Crippen LogP contribution in [-0.4, -0.2) is 50.6 Å². The number of carbonyl (C=O) groups excluding carboxylic acids is 1. The topological polar surface area (TPSA) is 53.9 Å². The van der Waals surface area contributed by atoms with Gasteiger partial charge in [0.15, 0.2) is 5.96 Å². The molecule has 0 bridgehead atoms. The maximum atomic E-state index is 11.6. The van der Waals surface area contributed by atoms with Gasteiger partial charge in [0, 0.05) is 26.7 Å². The molecule has 0 amide bonds. The van der Waals surface area contributed by atoms with Crippen LogP contribution in [0.5, 0.6) is 0 Å². The molecule has 3 aliphatic rings. The van der Waals surface area contributed by atoms with Crippen molar-refractivity contribution < 1.29 is 9.53 Å². The fourth-order valence-corrected chi connectivity index (χ4v) is 3.67. The van der Waals surface area contributed by atoms with Crippen molar-refractivity contribution in [3.05, 3.63) is 0 Å². The van der Waals surface area contributed by atoms with Gasteiger partial charge < -0.3 is 15.0 Å². The van der Waals surface area contributed by atoms with Crippen LogP contribution in [0.25, 0.3) is 0 Å². The third kappa shape index (κ3) is 3.86. The minimum atomic E-state index is -0.0664. The Morgan fingerprint density at radius 1 is 1.27 bits per heavy atom. The number of halogens is 1. The molecule has 1 N–H and O–H groups in total. The Bertz CT molecular complexity index is 425. The van der Waals surface area contributed by atoms with Crippen LogP contribution in [0.1, 0.15) is 38.5 Å². The molecule has 1 aliphatic heterocycles. The van der Waals surface area contributed by atoms with E-state index in [4.69, 9.17) is 4.74 Å².